The van der Waals surface area contributed by atoms with Gasteiger partial charge in [0, 0.05) is 24.6 Å². The Hall–Kier alpha value is -3.26. The van der Waals surface area contributed by atoms with E-state index in [-0.39, 0.29) is 17.2 Å². The van der Waals surface area contributed by atoms with Crippen molar-refractivity contribution < 1.29 is 17.6 Å². The normalized spacial score (nSPS) is 11.1. The highest BCUT2D eigenvalue weighted by Crippen LogP contribution is 2.17. The van der Waals surface area contributed by atoms with Crippen LogP contribution in [0.1, 0.15) is 11.1 Å². The molecule has 0 fully saturated rings. The molecule has 0 aliphatic heterocycles. The van der Waals surface area contributed by atoms with Crippen LogP contribution in [-0.4, -0.2) is 25.9 Å². The average Bonchev–Trinajstić information content (AvgIpc) is 2.70. The van der Waals surface area contributed by atoms with Crippen molar-refractivity contribution in [1.82, 2.24) is 10.3 Å². The molecule has 2 aromatic carbocycles. The molecule has 150 valence electrons. The van der Waals surface area contributed by atoms with E-state index < -0.39 is 15.8 Å². The van der Waals surface area contributed by atoms with Gasteiger partial charge in [0.1, 0.15) is 5.82 Å². The fourth-order valence-corrected chi connectivity index (χ4v) is 3.72. The monoisotopic (exact) mass is 413 g/mol. The standard InChI is InChI=1S/C21H20FN3O3S/c22-18-5-9-20(10-6-18)29(27,28)25-19-7-3-16(4-8-19)14-21(26)24-13-11-17-2-1-12-23-15-17/h1-10,12,15,25H,11,13-14H2,(H,24,26). The second kappa shape index (κ2) is 9.29. The Morgan fingerprint density at radius 2 is 1.69 bits per heavy atom. The fraction of sp³-hybridized carbons (Fsp3) is 0.143. The number of anilines is 1. The zero-order valence-corrected chi connectivity index (χ0v) is 16.3. The molecule has 0 atom stereocenters. The van der Waals surface area contributed by atoms with Crippen LogP contribution in [0.25, 0.3) is 0 Å². The summed E-state index contributed by atoms with van der Waals surface area (Å²) in [5.74, 6) is -0.624. The van der Waals surface area contributed by atoms with Gasteiger partial charge >= 0.3 is 0 Å². The van der Waals surface area contributed by atoms with Crippen LogP contribution in [0.2, 0.25) is 0 Å². The largest absolute Gasteiger partial charge is 0.355 e. The van der Waals surface area contributed by atoms with E-state index in [4.69, 9.17) is 0 Å². The highest BCUT2D eigenvalue weighted by atomic mass is 32.2. The molecule has 3 aromatic rings. The van der Waals surface area contributed by atoms with Crippen molar-refractivity contribution in [3.8, 4) is 0 Å². The first kappa shape index (κ1) is 20.5. The zero-order chi connectivity index (χ0) is 20.7. The summed E-state index contributed by atoms with van der Waals surface area (Å²) in [5.41, 5.74) is 2.16. The molecule has 1 heterocycles. The molecule has 0 saturated carbocycles. The maximum Gasteiger partial charge on any atom is 0.261 e. The molecule has 0 spiro atoms. The number of rotatable bonds is 8. The highest BCUT2D eigenvalue weighted by molar-refractivity contribution is 7.92. The lowest BCUT2D eigenvalue weighted by atomic mass is 10.1. The molecule has 2 N–H and O–H groups in total. The van der Waals surface area contributed by atoms with Crippen molar-refractivity contribution in [1.29, 1.82) is 0 Å². The number of sulfonamides is 1. The number of aromatic nitrogens is 1. The zero-order valence-electron chi connectivity index (χ0n) is 15.5. The van der Waals surface area contributed by atoms with Crippen LogP contribution in [0, 0.1) is 5.82 Å². The lowest BCUT2D eigenvalue weighted by molar-refractivity contribution is -0.120. The molecule has 8 heteroatoms. The van der Waals surface area contributed by atoms with Gasteiger partial charge in [-0.05, 0) is 60.0 Å². The van der Waals surface area contributed by atoms with Crippen molar-refractivity contribution in [2.24, 2.45) is 0 Å². The molecule has 1 aromatic heterocycles. The Balaban J connectivity index is 1.51. The number of benzene rings is 2. The second-order valence-corrected chi connectivity index (χ2v) is 8.08. The lowest BCUT2D eigenvalue weighted by Gasteiger charge is -2.09. The number of nitrogens with one attached hydrogen (secondary N) is 2. The van der Waals surface area contributed by atoms with Gasteiger partial charge in [0.2, 0.25) is 5.91 Å². The molecule has 0 aliphatic rings. The number of amides is 1. The van der Waals surface area contributed by atoms with Crippen molar-refractivity contribution in [3.63, 3.8) is 0 Å². The number of carbonyl (C=O) groups is 1. The van der Waals surface area contributed by atoms with E-state index in [2.05, 4.69) is 15.0 Å². The van der Waals surface area contributed by atoms with Gasteiger partial charge in [-0.25, -0.2) is 12.8 Å². The first-order valence-electron chi connectivity index (χ1n) is 8.95. The number of nitrogens with zero attached hydrogens (tertiary/aromatic N) is 1. The van der Waals surface area contributed by atoms with E-state index in [1.54, 1.807) is 36.7 Å². The Morgan fingerprint density at radius 3 is 2.34 bits per heavy atom. The summed E-state index contributed by atoms with van der Waals surface area (Å²) >= 11 is 0. The molecular weight excluding hydrogens is 393 g/mol. The lowest BCUT2D eigenvalue weighted by Crippen LogP contribution is -2.27. The molecule has 0 radical (unpaired) electrons. The summed E-state index contributed by atoms with van der Waals surface area (Å²) in [6.07, 6.45) is 4.35. The molecule has 1 amide bonds. The predicted molar refractivity (Wildman–Crippen MR) is 108 cm³/mol. The molecule has 0 aliphatic carbocycles. The first-order valence-corrected chi connectivity index (χ1v) is 10.4. The van der Waals surface area contributed by atoms with E-state index in [0.29, 0.717) is 18.7 Å². The van der Waals surface area contributed by atoms with Gasteiger partial charge in [-0.1, -0.05) is 18.2 Å². The van der Waals surface area contributed by atoms with Gasteiger partial charge in [-0.3, -0.25) is 14.5 Å². The van der Waals surface area contributed by atoms with E-state index >= 15 is 0 Å². The summed E-state index contributed by atoms with van der Waals surface area (Å²) in [6.45, 7) is 0.514. The second-order valence-electron chi connectivity index (χ2n) is 6.39. The third-order valence-electron chi connectivity index (χ3n) is 4.15. The molecule has 3 rings (SSSR count). The summed E-state index contributed by atoms with van der Waals surface area (Å²) < 4.78 is 40.0. The summed E-state index contributed by atoms with van der Waals surface area (Å²) in [6, 6.07) is 14.9. The average molecular weight is 413 g/mol. The van der Waals surface area contributed by atoms with Crippen LogP contribution in [0.15, 0.2) is 78.0 Å². The maximum atomic E-state index is 13.0. The number of pyridine rings is 1. The van der Waals surface area contributed by atoms with E-state index in [1.165, 1.54) is 12.1 Å². The molecule has 29 heavy (non-hydrogen) atoms. The Bertz CT molecular complexity index is 1050. The smallest absolute Gasteiger partial charge is 0.261 e. The number of halogens is 1. The minimum Gasteiger partial charge on any atom is -0.355 e. The minimum atomic E-state index is -3.81. The summed E-state index contributed by atoms with van der Waals surface area (Å²) in [7, 11) is -3.81. The topological polar surface area (TPSA) is 88.2 Å². The van der Waals surface area contributed by atoms with Gasteiger partial charge in [0.15, 0.2) is 0 Å². The van der Waals surface area contributed by atoms with Gasteiger partial charge < -0.3 is 5.32 Å². The van der Waals surface area contributed by atoms with Gasteiger partial charge in [-0.15, -0.1) is 0 Å². The van der Waals surface area contributed by atoms with E-state index in [1.807, 2.05) is 12.1 Å². The van der Waals surface area contributed by atoms with Crippen LogP contribution in [-0.2, 0) is 27.7 Å². The van der Waals surface area contributed by atoms with Crippen LogP contribution in [0.5, 0.6) is 0 Å². The van der Waals surface area contributed by atoms with E-state index in [0.717, 1.165) is 23.3 Å². The highest BCUT2D eigenvalue weighted by Gasteiger charge is 2.14. The van der Waals surface area contributed by atoms with Crippen LogP contribution >= 0.6 is 0 Å². The van der Waals surface area contributed by atoms with Crippen molar-refractivity contribution in [2.45, 2.75) is 17.7 Å². The summed E-state index contributed by atoms with van der Waals surface area (Å²) in [5, 5.41) is 2.85. The van der Waals surface area contributed by atoms with Gasteiger partial charge in [0.05, 0.1) is 11.3 Å². The third kappa shape index (κ3) is 6.11. The van der Waals surface area contributed by atoms with Gasteiger partial charge in [-0.2, -0.15) is 0 Å². The Kier molecular flexibility index (Phi) is 6.56. The van der Waals surface area contributed by atoms with Gasteiger partial charge in [0.25, 0.3) is 10.0 Å². The van der Waals surface area contributed by atoms with Crippen LogP contribution in [0.4, 0.5) is 10.1 Å². The Morgan fingerprint density at radius 1 is 0.966 bits per heavy atom. The quantitative estimate of drug-likeness (QED) is 0.594. The Labute approximate surface area is 168 Å². The van der Waals surface area contributed by atoms with Crippen LogP contribution in [0.3, 0.4) is 0 Å². The molecule has 6 nitrogen and oxygen atoms in total. The fourth-order valence-electron chi connectivity index (χ4n) is 2.66. The van der Waals surface area contributed by atoms with Crippen molar-refractivity contribution in [2.75, 3.05) is 11.3 Å². The molecule has 0 unspecified atom stereocenters. The molecule has 0 saturated heterocycles. The molecular formula is C21H20FN3O3S. The van der Waals surface area contributed by atoms with Crippen molar-refractivity contribution in [3.05, 3.63) is 90.0 Å². The predicted octanol–water partition coefficient (Wildman–Crippen LogP) is 2.92. The summed E-state index contributed by atoms with van der Waals surface area (Å²) in [4.78, 5) is 16.1. The number of carbonyl (C=O) groups excluding carboxylic acids is 1. The van der Waals surface area contributed by atoms with E-state index in [9.17, 15) is 17.6 Å². The molecule has 0 bridgehead atoms. The maximum absolute atomic E-state index is 13.0. The first-order chi connectivity index (χ1) is 13.9. The number of hydrogen-bond acceptors (Lipinski definition) is 4. The SMILES string of the molecule is O=C(Cc1ccc(NS(=O)(=O)c2ccc(F)cc2)cc1)NCCc1cccnc1. The minimum absolute atomic E-state index is 0.0315. The van der Waals surface area contributed by atoms with Crippen molar-refractivity contribution >= 4 is 21.6 Å². The van der Waals surface area contributed by atoms with Crippen LogP contribution < -0.4 is 10.0 Å². The third-order valence-corrected chi connectivity index (χ3v) is 5.55. The number of hydrogen-bond donors (Lipinski definition) is 2.